The second kappa shape index (κ2) is 11.5. The lowest BCUT2D eigenvalue weighted by Crippen LogP contribution is -2.17. The second-order valence-electron chi connectivity index (χ2n) is 8.55. The lowest BCUT2D eigenvalue weighted by Gasteiger charge is -2.17. The summed E-state index contributed by atoms with van der Waals surface area (Å²) in [7, 11) is 0. The summed E-state index contributed by atoms with van der Waals surface area (Å²) in [6.07, 6.45) is 3.11. The quantitative estimate of drug-likeness (QED) is 0.201. The van der Waals surface area contributed by atoms with Gasteiger partial charge in [0.1, 0.15) is 5.92 Å². The van der Waals surface area contributed by atoms with Crippen LogP contribution in [0.3, 0.4) is 0 Å². The van der Waals surface area contributed by atoms with E-state index in [2.05, 4.69) is 49.4 Å². The molecule has 4 rings (SSSR count). The van der Waals surface area contributed by atoms with Crippen LogP contribution in [-0.2, 0) is 19.1 Å². The highest BCUT2D eigenvalue weighted by Crippen LogP contribution is 2.43. The minimum atomic E-state index is -0.586. The number of carbonyl (C=O) groups excluding carboxylic acids is 2. The van der Waals surface area contributed by atoms with Gasteiger partial charge < -0.3 is 9.47 Å². The molecule has 4 nitrogen and oxygen atoms in total. The van der Waals surface area contributed by atoms with Gasteiger partial charge in [0, 0.05) is 6.08 Å². The smallest absolute Gasteiger partial charge is 0.330 e. The molecule has 0 saturated heterocycles. The lowest BCUT2D eigenvalue weighted by molar-refractivity contribution is -0.144. The molecular weight excluding hydrogens is 448 g/mol. The third-order valence-electron chi connectivity index (χ3n) is 6.10. The number of hydrogen-bond donors (Lipinski definition) is 0. The number of aryl methyl sites for hydroxylation is 1. The molecule has 182 valence electrons. The van der Waals surface area contributed by atoms with Gasteiger partial charge >= 0.3 is 11.9 Å². The van der Waals surface area contributed by atoms with E-state index in [1.165, 1.54) is 11.6 Å². The van der Waals surface area contributed by atoms with Crippen molar-refractivity contribution in [3.8, 4) is 22.3 Å². The predicted octanol–water partition coefficient (Wildman–Crippen LogP) is 7.04. The highest BCUT2D eigenvalue weighted by molar-refractivity contribution is 5.94. The van der Waals surface area contributed by atoms with E-state index in [1.54, 1.807) is 13.0 Å². The van der Waals surface area contributed by atoms with Crippen LogP contribution in [0, 0.1) is 6.92 Å². The van der Waals surface area contributed by atoms with Gasteiger partial charge in [0.15, 0.2) is 0 Å². The molecule has 2 aromatic carbocycles. The van der Waals surface area contributed by atoms with Crippen LogP contribution in [0.5, 0.6) is 0 Å². The maximum atomic E-state index is 13.3. The average molecular weight is 479 g/mol. The Balaban J connectivity index is 1.80. The van der Waals surface area contributed by atoms with Gasteiger partial charge in [-0.1, -0.05) is 84.4 Å². The first-order valence-corrected chi connectivity index (χ1v) is 12.2. The molecule has 2 aromatic rings. The molecule has 0 bridgehead atoms. The first-order chi connectivity index (χ1) is 17.5. The number of benzene rings is 2. The third-order valence-corrected chi connectivity index (χ3v) is 6.10. The molecule has 0 heterocycles. The summed E-state index contributed by atoms with van der Waals surface area (Å²) >= 11 is 0. The Labute approximate surface area is 212 Å². The van der Waals surface area contributed by atoms with Gasteiger partial charge in [0.2, 0.25) is 0 Å². The number of carbonyl (C=O) groups is 2. The van der Waals surface area contributed by atoms with Crippen LogP contribution in [-0.4, -0.2) is 25.2 Å². The molecule has 0 N–H and O–H groups in total. The Morgan fingerprint density at radius 3 is 2.11 bits per heavy atom. The fraction of sp³-hybridized carbons (Fsp3) is 0.188. The number of rotatable bonds is 8. The van der Waals surface area contributed by atoms with Crippen molar-refractivity contribution in [1.29, 1.82) is 0 Å². The van der Waals surface area contributed by atoms with Gasteiger partial charge in [-0.25, -0.2) is 4.79 Å². The van der Waals surface area contributed by atoms with Gasteiger partial charge in [0.05, 0.1) is 13.2 Å². The minimum Gasteiger partial charge on any atom is -0.465 e. The van der Waals surface area contributed by atoms with Crippen molar-refractivity contribution in [1.82, 2.24) is 0 Å². The Morgan fingerprint density at radius 2 is 1.44 bits per heavy atom. The normalized spacial score (nSPS) is 12.0. The Bertz CT molecular complexity index is 1330. The Kier molecular flexibility index (Phi) is 7.96. The van der Waals surface area contributed by atoms with Gasteiger partial charge in [0.25, 0.3) is 0 Å². The van der Waals surface area contributed by atoms with Crippen LogP contribution in [0.15, 0.2) is 91.0 Å². The zero-order valence-electron chi connectivity index (χ0n) is 20.9. The fourth-order valence-corrected chi connectivity index (χ4v) is 4.38. The van der Waals surface area contributed by atoms with Crippen LogP contribution >= 0.6 is 0 Å². The SMILES string of the molecule is CCOC(=O)C=Cc1ccc(C(C(=O)OCC)c2cc(-c3ccc(C)cc3)c3cccccc2-3)cc1. The Morgan fingerprint density at radius 1 is 0.778 bits per heavy atom. The number of ether oxygens (including phenoxy) is 2. The number of esters is 2. The average Bonchev–Trinajstić information content (AvgIpc) is 3.05. The van der Waals surface area contributed by atoms with E-state index in [0.717, 1.165) is 38.9 Å². The first kappa shape index (κ1) is 24.9. The van der Waals surface area contributed by atoms with E-state index in [0.29, 0.717) is 13.2 Å². The number of fused-ring (bicyclic) bond motifs is 1. The summed E-state index contributed by atoms with van der Waals surface area (Å²) in [4.78, 5) is 25.0. The molecule has 0 spiro atoms. The summed E-state index contributed by atoms with van der Waals surface area (Å²) < 4.78 is 10.5. The molecule has 2 aliphatic carbocycles. The number of hydrogen-bond acceptors (Lipinski definition) is 4. The summed E-state index contributed by atoms with van der Waals surface area (Å²) in [6.45, 7) is 6.29. The summed E-state index contributed by atoms with van der Waals surface area (Å²) in [5.41, 5.74) is 8.06. The standard InChI is InChI=1S/C32H30O4/c1-4-35-30(33)20-15-23-13-18-25(19-14-23)31(32(34)36-5-2)29-21-28(24-16-11-22(3)12-17-24)26-9-7-6-8-10-27(26)29/h6-21,31H,4-5H2,1-3H3. The van der Waals surface area contributed by atoms with Crippen LogP contribution in [0.2, 0.25) is 0 Å². The largest absolute Gasteiger partial charge is 0.465 e. The molecule has 2 aliphatic rings. The summed E-state index contributed by atoms with van der Waals surface area (Å²) in [5, 5.41) is 0. The van der Waals surface area contributed by atoms with Crippen molar-refractivity contribution in [3.05, 3.63) is 113 Å². The van der Waals surface area contributed by atoms with Crippen molar-refractivity contribution >= 4 is 18.0 Å². The van der Waals surface area contributed by atoms with Crippen molar-refractivity contribution in [2.45, 2.75) is 26.7 Å². The Hall–Kier alpha value is -4.18. The topological polar surface area (TPSA) is 52.6 Å². The van der Waals surface area contributed by atoms with Crippen molar-refractivity contribution in [3.63, 3.8) is 0 Å². The highest BCUT2D eigenvalue weighted by atomic mass is 16.5. The molecule has 0 fully saturated rings. The maximum Gasteiger partial charge on any atom is 0.330 e. The molecule has 1 unspecified atom stereocenters. The van der Waals surface area contributed by atoms with E-state index in [-0.39, 0.29) is 11.9 Å². The molecule has 4 heteroatoms. The van der Waals surface area contributed by atoms with E-state index in [9.17, 15) is 9.59 Å². The summed E-state index contributed by atoms with van der Waals surface area (Å²) in [5.74, 6) is -1.26. The zero-order chi connectivity index (χ0) is 25.5. The third kappa shape index (κ3) is 5.55. The minimum absolute atomic E-state index is 0.291. The van der Waals surface area contributed by atoms with Crippen LogP contribution < -0.4 is 0 Å². The van der Waals surface area contributed by atoms with Gasteiger partial charge in [-0.05, 0) is 71.9 Å². The predicted molar refractivity (Wildman–Crippen MR) is 144 cm³/mol. The molecular formula is C32H30O4. The molecule has 36 heavy (non-hydrogen) atoms. The summed E-state index contributed by atoms with van der Waals surface area (Å²) in [6, 6.07) is 28.3. The van der Waals surface area contributed by atoms with E-state index in [1.807, 2.05) is 49.4 Å². The van der Waals surface area contributed by atoms with Gasteiger partial charge in [-0.15, -0.1) is 0 Å². The monoisotopic (exact) mass is 478 g/mol. The van der Waals surface area contributed by atoms with E-state index in [4.69, 9.17) is 9.47 Å². The molecule has 0 saturated carbocycles. The fourth-order valence-electron chi connectivity index (χ4n) is 4.38. The van der Waals surface area contributed by atoms with E-state index < -0.39 is 5.92 Å². The molecule has 0 aliphatic heterocycles. The van der Waals surface area contributed by atoms with Crippen molar-refractivity contribution in [2.75, 3.05) is 13.2 Å². The molecule has 0 aromatic heterocycles. The maximum absolute atomic E-state index is 13.3. The van der Waals surface area contributed by atoms with Gasteiger partial charge in [-0.3, -0.25) is 4.79 Å². The van der Waals surface area contributed by atoms with E-state index >= 15 is 0 Å². The lowest BCUT2D eigenvalue weighted by atomic mass is 9.89. The van der Waals surface area contributed by atoms with Crippen molar-refractivity contribution in [2.24, 2.45) is 0 Å². The molecule has 1 atom stereocenters. The molecule has 0 amide bonds. The van der Waals surface area contributed by atoms with Crippen LogP contribution in [0.25, 0.3) is 28.3 Å². The van der Waals surface area contributed by atoms with Crippen LogP contribution in [0.4, 0.5) is 0 Å². The highest BCUT2D eigenvalue weighted by Gasteiger charge is 2.30. The zero-order valence-corrected chi connectivity index (χ0v) is 20.9. The van der Waals surface area contributed by atoms with Crippen LogP contribution in [0.1, 0.15) is 42.0 Å². The van der Waals surface area contributed by atoms with Gasteiger partial charge in [-0.2, -0.15) is 0 Å². The van der Waals surface area contributed by atoms with Crippen molar-refractivity contribution < 1.29 is 19.1 Å². The molecule has 0 radical (unpaired) electrons. The first-order valence-electron chi connectivity index (χ1n) is 12.2. The second-order valence-corrected chi connectivity index (χ2v) is 8.55.